The third-order valence-corrected chi connectivity index (χ3v) is 2.36. The lowest BCUT2D eigenvalue weighted by molar-refractivity contribution is 0.454. The van der Waals surface area contributed by atoms with Gasteiger partial charge in [0.15, 0.2) is 0 Å². The monoisotopic (exact) mass is 314 g/mol. The molecule has 1 aromatic heterocycles. The summed E-state index contributed by atoms with van der Waals surface area (Å²) in [7, 11) is 0. The molecule has 5 heteroatoms. The fraction of sp³-hybridized carbons (Fsp3) is 0. The van der Waals surface area contributed by atoms with Crippen LogP contribution < -0.4 is 10.3 Å². The van der Waals surface area contributed by atoms with E-state index in [9.17, 15) is 4.79 Å². The van der Waals surface area contributed by atoms with Gasteiger partial charge in [-0.15, -0.1) is 0 Å². The van der Waals surface area contributed by atoms with Crippen LogP contribution in [0.25, 0.3) is 0 Å². The van der Waals surface area contributed by atoms with Crippen molar-refractivity contribution >= 4 is 22.6 Å². The zero-order valence-electron chi connectivity index (χ0n) is 7.61. The third-order valence-electron chi connectivity index (χ3n) is 1.69. The number of halogens is 1. The summed E-state index contributed by atoms with van der Waals surface area (Å²) in [6, 6.07) is 7.40. The topological polar surface area (TPSA) is 55.0 Å². The van der Waals surface area contributed by atoms with Crippen LogP contribution in [0, 0.1) is 3.57 Å². The Morgan fingerprint density at radius 3 is 3.00 bits per heavy atom. The summed E-state index contributed by atoms with van der Waals surface area (Å²) in [6.07, 6.45) is 2.94. The van der Waals surface area contributed by atoms with Gasteiger partial charge in [0.2, 0.25) is 0 Å². The minimum atomic E-state index is -0.337. The van der Waals surface area contributed by atoms with Crippen molar-refractivity contribution < 1.29 is 4.74 Å². The van der Waals surface area contributed by atoms with E-state index in [2.05, 4.69) is 32.6 Å². The molecule has 0 aliphatic carbocycles. The number of ether oxygens (including phenoxy) is 1. The second-order valence-electron chi connectivity index (χ2n) is 2.78. The minimum Gasteiger partial charge on any atom is -0.435 e. The minimum absolute atomic E-state index is 0.0551. The molecule has 76 valence electrons. The predicted molar refractivity (Wildman–Crippen MR) is 64.1 cm³/mol. The van der Waals surface area contributed by atoms with Crippen molar-refractivity contribution in [2.45, 2.75) is 0 Å². The van der Waals surface area contributed by atoms with E-state index in [1.54, 1.807) is 6.07 Å². The largest absolute Gasteiger partial charge is 0.435 e. The summed E-state index contributed by atoms with van der Waals surface area (Å²) in [4.78, 5) is 17.6. The first kappa shape index (κ1) is 10.2. The van der Waals surface area contributed by atoms with E-state index in [1.807, 2.05) is 18.2 Å². The standard InChI is InChI=1S/C10H7IN2O2/c11-7-2-1-3-8(6-7)15-10-9(14)12-4-5-13-10/h1-6H,(H,12,14). The van der Waals surface area contributed by atoms with Crippen LogP contribution in [-0.2, 0) is 0 Å². The van der Waals surface area contributed by atoms with E-state index < -0.39 is 0 Å². The molecule has 1 heterocycles. The summed E-state index contributed by atoms with van der Waals surface area (Å²) in [5.74, 6) is 0.658. The first-order chi connectivity index (χ1) is 7.25. The molecule has 4 nitrogen and oxygen atoms in total. The Morgan fingerprint density at radius 2 is 2.27 bits per heavy atom. The molecule has 0 aliphatic rings. The van der Waals surface area contributed by atoms with Gasteiger partial charge in [-0.1, -0.05) is 6.07 Å². The lowest BCUT2D eigenvalue weighted by Crippen LogP contribution is -2.09. The first-order valence-electron chi connectivity index (χ1n) is 4.23. The van der Waals surface area contributed by atoms with Gasteiger partial charge in [-0.3, -0.25) is 4.79 Å². The Labute approximate surface area is 99.5 Å². The smallest absolute Gasteiger partial charge is 0.311 e. The van der Waals surface area contributed by atoms with Gasteiger partial charge in [0.05, 0.1) is 0 Å². The number of aromatic nitrogens is 2. The quantitative estimate of drug-likeness (QED) is 0.864. The van der Waals surface area contributed by atoms with Gasteiger partial charge in [-0.2, -0.15) is 0 Å². The second kappa shape index (κ2) is 4.43. The lowest BCUT2D eigenvalue weighted by atomic mass is 10.3. The highest BCUT2D eigenvalue weighted by atomic mass is 127. The second-order valence-corrected chi connectivity index (χ2v) is 4.03. The van der Waals surface area contributed by atoms with Gasteiger partial charge < -0.3 is 9.72 Å². The SMILES string of the molecule is O=c1[nH]ccnc1Oc1cccc(I)c1. The molecule has 0 amide bonds. The van der Waals surface area contributed by atoms with Gasteiger partial charge in [-0.25, -0.2) is 4.98 Å². The third kappa shape index (κ3) is 2.56. The van der Waals surface area contributed by atoms with Crippen LogP contribution in [0.2, 0.25) is 0 Å². The summed E-state index contributed by atoms with van der Waals surface area (Å²) >= 11 is 2.17. The molecule has 0 atom stereocenters. The zero-order chi connectivity index (χ0) is 10.7. The van der Waals surface area contributed by atoms with Crippen molar-refractivity contribution in [2.24, 2.45) is 0 Å². The molecule has 0 radical (unpaired) electrons. The zero-order valence-corrected chi connectivity index (χ0v) is 9.76. The maximum atomic E-state index is 11.3. The van der Waals surface area contributed by atoms with Crippen LogP contribution in [0.15, 0.2) is 41.5 Å². The summed E-state index contributed by atoms with van der Waals surface area (Å²) in [5.41, 5.74) is -0.337. The molecule has 0 spiro atoms. The Kier molecular flexibility index (Phi) is 3.00. The van der Waals surface area contributed by atoms with Crippen molar-refractivity contribution in [3.05, 3.63) is 50.6 Å². The van der Waals surface area contributed by atoms with E-state index in [-0.39, 0.29) is 11.4 Å². The van der Waals surface area contributed by atoms with E-state index >= 15 is 0 Å². The number of nitrogens with zero attached hydrogens (tertiary/aromatic N) is 1. The predicted octanol–water partition coefficient (Wildman–Crippen LogP) is 2.17. The molecule has 0 aliphatic heterocycles. The molecule has 15 heavy (non-hydrogen) atoms. The molecule has 1 N–H and O–H groups in total. The van der Waals surface area contributed by atoms with Gasteiger partial charge in [0, 0.05) is 16.0 Å². The lowest BCUT2D eigenvalue weighted by Gasteiger charge is -2.02. The van der Waals surface area contributed by atoms with Crippen molar-refractivity contribution in [3.8, 4) is 11.6 Å². The molecule has 1 aromatic carbocycles. The van der Waals surface area contributed by atoms with Crippen LogP contribution in [0.4, 0.5) is 0 Å². The molecule has 0 unspecified atom stereocenters. The average molecular weight is 314 g/mol. The molecule has 0 saturated heterocycles. The molecular formula is C10H7IN2O2. The Balaban J connectivity index is 2.30. The highest BCUT2D eigenvalue weighted by Gasteiger charge is 2.02. The number of hydrogen-bond acceptors (Lipinski definition) is 3. The van der Waals surface area contributed by atoms with Crippen LogP contribution >= 0.6 is 22.6 Å². The van der Waals surface area contributed by atoms with E-state index in [0.29, 0.717) is 5.75 Å². The Hall–Kier alpha value is -1.37. The molecule has 0 fully saturated rings. The number of benzene rings is 1. The summed E-state index contributed by atoms with van der Waals surface area (Å²) in [5, 5.41) is 0. The summed E-state index contributed by atoms with van der Waals surface area (Å²) in [6.45, 7) is 0. The fourth-order valence-electron chi connectivity index (χ4n) is 1.05. The molecule has 2 aromatic rings. The van der Waals surface area contributed by atoms with Gasteiger partial charge in [-0.05, 0) is 40.8 Å². The Bertz CT molecular complexity index is 525. The highest BCUT2D eigenvalue weighted by Crippen LogP contribution is 2.18. The summed E-state index contributed by atoms with van der Waals surface area (Å²) < 4.78 is 6.37. The van der Waals surface area contributed by atoms with Crippen molar-refractivity contribution in [1.29, 1.82) is 0 Å². The van der Waals surface area contributed by atoms with Crippen LogP contribution in [0.1, 0.15) is 0 Å². The average Bonchev–Trinajstić information content (AvgIpc) is 2.22. The van der Waals surface area contributed by atoms with Crippen LogP contribution in [0.5, 0.6) is 11.6 Å². The van der Waals surface area contributed by atoms with Crippen LogP contribution in [-0.4, -0.2) is 9.97 Å². The van der Waals surface area contributed by atoms with E-state index in [0.717, 1.165) is 3.57 Å². The van der Waals surface area contributed by atoms with Crippen molar-refractivity contribution in [3.63, 3.8) is 0 Å². The maximum absolute atomic E-state index is 11.3. The maximum Gasteiger partial charge on any atom is 0.311 e. The number of aromatic amines is 1. The Morgan fingerprint density at radius 1 is 1.40 bits per heavy atom. The van der Waals surface area contributed by atoms with Crippen molar-refractivity contribution in [2.75, 3.05) is 0 Å². The molecular weight excluding hydrogens is 307 g/mol. The van der Waals surface area contributed by atoms with Crippen LogP contribution in [0.3, 0.4) is 0 Å². The number of rotatable bonds is 2. The van der Waals surface area contributed by atoms with E-state index in [1.165, 1.54) is 12.4 Å². The molecule has 0 saturated carbocycles. The number of H-pyrrole nitrogens is 1. The fourth-order valence-corrected chi connectivity index (χ4v) is 1.57. The first-order valence-corrected chi connectivity index (χ1v) is 5.31. The van der Waals surface area contributed by atoms with Gasteiger partial charge in [0.25, 0.3) is 5.88 Å². The highest BCUT2D eigenvalue weighted by molar-refractivity contribution is 14.1. The van der Waals surface area contributed by atoms with Gasteiger partial charge in [0.1, 0.15) is 5.75 Å². The van der Waals surface area contributed by atoms with Crippen molar-refractivity contribution in [1.82, 2.24) is 9.97 Å². The molecule has 0 bridgehead atoms. The number of hydrogen-bond donors (Lipinski definition) is 1. The normalized spacial score (nSPS) is 9.93. The van der Waals surface area contributed by atoms with Gasteiger partial charge >= 0.3 is 5.56 Å². The number of nitrogens with one attached hydrogen (secondary N) is 1. The van der Waals surface area contributed by atoms with E-state index in [4.69, 9.17) is 4.74 Å². The molecule has 2 rings (SSSR count).